The van der Waals surface area contributed by atoms with Crippen molar-refractivity contribution in [1.82, 2.24) is 0 Å². The zero-order chi connectivity index (χ0) is 17.2. The van der Waals surface area contributed by atoms with Gasteiger partial charge in [0.15, 0.2) is 0 Å². The van der Waals surface area contributed by atoms with Crippen molar-refractivity contribution in [3.8, 4) is 0 Å². The minimum Gasteiger partial charge on any atom is -0.466 e. The molecule has 0 aromatic carbocycles. The molecule has 0 aliphatic carbocycles. The van der Waals surface area contributed by atoms with Crippen molar-refractivity contribution in [2.75, 3.05) is 6.61 Å². The molecule has 138 valence electrons. The standard InChI is InChI=1S/C20H40O3/c1-3-5-6-7-8-9-10-11-12-13-14-15-16-17-19(21)18-20(22)23-4-2/h19,21H,3-18H2,1-2H3/t19-/m0/s1. The van der Waals surface area contributed by atoms with Crippen molar-refractivity contribution in [3.63, 3.8) is 0 Å². The Morgan fingerprint density at radius 1 is 0.783 bits per heavy atom. The van der Waals surface area contributed by atoms with E-state index in [1.807, 2.05) is 0 Å². The van der Waals surface area contributed by atoms with Gasteiger partial charge in [-0.3, -0.25) is 4.79 Å². The van der Waals surface area contributed by atoms with Gasteiger partial charge in [-0.05, 0) is 13.3 Å². The molecule has 0 radical (unpaired) electrons. The van der Waals surface area contributed by atoms with Crippen LogP contribution in [-0.4, -0.2) is 23.8 Å². The molecule has 0 amide bonds. The Morgan fingerprint density at radius 3 is 1.65 bits per heavy atom. The Hall–Kier alpha value is -0.570. The highest BCUT2D eigenvalue weighted by Crippen LogP contribution is 2.14. The molecule has 0 aromatic heterocycles. The minimum absolute atomic E-state index is 0.145. The molecular weight excluding hydrogens is 288 g/mol. The largest absolute Gasteiger partial charge is 0.466 e. The van der Waals surface area contributed by atoms with Crippen molar-refractivity contribution >= 4 is 5.97 Å². The Kier molecular flexibility index (Phi) is 17.3. The topological polar surface area (TPSA) is 46.5 Å². The highest BCUT2D eigenvalue weighted by atomic mass is 16.5. The zero-order valence-corrected chi connectivity index (χ0v) is 15.7. The molecule has 3 nitrogen and oxygen atoms in total. The summed E-state index contributed by atoms with van der Waals surface area (Å²) in [7, 11) is 0. The molecular formula is C20H40O3. The Labute approximate surface area is 144 Å². The van der Waals surface area contributed by atoms with E-state index in [0.717, 1.165) is 19.3 Å². The molecule has 0 aliphatic heterocycles. The molecule has 0 saturated heterocycles. The lowest BCUT2D eigenvalue weighted by molar-refractivity contribution is -0.145. The number of esters is 1. The van der Waals surface area contributed by atoms with E-state index >= 15 is 0 Å². The smallest absolute Gasteiger partial charge is 0.308 e. The summed E-state index contributed by atoms with van der Waals surface area (Å²) < 4.78 is 4.83. The Morgan fingerprint density at radius 2 is 1.22 bits per heavy atom. The van der Waals surface area contributed by atoms with Crippen molar-refractivity contribution in [2.45, 2.75) is 116 Å². The van der Waals surface area contributed by atoms with Gasteiger partial charge in [0.2, 0.25) is 0 Å². The summed E-state index contributed by atoms with van der Waals surface area (Å²) in [6.07, 6.45) is 17.6. The maximum Gasteiger partial charge on any atom is 0.308 e. The lowest BCUT2D eigenvalue weighted by Crippen LogP contribution is -2.15. The molecule has 0 heterocycles. The van der Waals surface area contributed by atoms with E-state index in [4.69, 9.17) is 4.74 Å². The minimum atomic E-state index is -0.526. The summed E-state index contributed by atoms with van der Waals surface area (Å²) in [5.41, 5.74) is 0. The van der Waals surface area contributed by atoms with Gasteiger partial charge in [-0.2, -0.15) is 0 Å². The van der Waals surface area contributed by atoms with Crippen LogP contribution in [0.3, 0.4) is 0 Å². The first-order valence-electron chi connectivity index (χ1n) is 10.0. The predicted octanol–water partition coefficient (Wildman–Crippen LogP) is 5.78. The van der Waals surface area contributed by atoms with Crippen LogP contribution in [0.4, 0.5) is 0 Å². The van der Waals surface area contributed by atoms with E-state index in [2.05, 4.69) is 6.92 Å². The fourth-order valence-corrected chi connectivity index (χ4v) is 2.91. The van der Waals surface area contributed by atoms with Gasteiger partial charge in [-0.15, -0.1) is 0 Å². The zero-order valence-electron chi connectivity index (χ0n) is 15.7. The number of aliphatic hydroxyl groups excluding tert-OH is 1. The molecule has 23 heavy (non-hydrogen) atoms. The maximum absolute atomic E-state index is 11.2. The molecule has 1 atom stereocenters. The number of ether oxygens (including phenoxy) is 1. The van der Waals surface area contributed by atoms with Gasteiger partial charge in [0.1, 0.15) is 0 Å². The second-order valence-corrected chi connectivity index (χ2v) is 6.69. The van der Waals surface area contributed by atoms with Crippen LogP contribution in [0.15, 0.2) is 0 Å². The van der Waals surface area contributed by atoms with Crippen LogP contribution in [0.25, 0.3) is 0 Å². The number of carbonyl (C=O) groups is 1. The van der Waals surface area contributed by atoms with Gasteiger partial charge in [0.25, 0.3) is 0 Å². The van der Waals surface area contributed by atoms with Crippen LogP contribution in [0.1, 0.15) is 110 Å². The summed E-state index contributed by atoms with van der Waals surface area (Å²) in [4.78, 5) is 11.2. The molecule has 3 heteroatoms. The second kappa shape index (κ2) is 17.8. The van der Waals surface area contributed by atoms with Gasteiger partial charge in [0, 0.05) is 0 Å². The first-order valence-corrected chi connectivity index (χ1v) is 10.0. The van der Waals surface area contributed by atoms with E-state index in [-0.39, 0.29) is 12.4 Å². The quantitative estimate of drug-likeness (QED) is 0.272. The van der Waals surface area contributed by atoms with Crippen LogP contribution >= 0.6 is 0 Å². The lowest BCUT2D eigenvalue weighted by Gasteiger charge is -2.09. The van der Waals surface area contributed by atoms with E-state index in [0.29, 0.717) is 6.61 Å². The second-order valence-electron chi connectivity index (χ2n) is 6.69. The average Bonchev–Trinajstić information content (AvgIpc) is 2.52. The van der Waals surface area contributed by atoms with Gasteiger partial charge in [0.05, 0.1) is 19.1 Å². The van der Waals surface area contributed by atoms with Crippen molar-refractivity contribution in [3.05, 3.63) is 0 Å². The van der Waals surface area contributed by atoms with Gasteiger partial charge >= 0.3 is 5.97 Å². The van der Waals surface area contributed by atoms with Crippen LogP contribution in [0, 0.1) is 0 Å². The number of aliphatic hydroxyl groups is 1. The average molecular weight is 329 g/mol. The van der Waals surface area contributed by atoms with Gasteiger partial charge in [-0.25, -0.2) is 0 Å². The monoisotopic (exact) mass is 328 g/mol. The van der Waals surface area contributed by atoms with E-state index < -0.39 is 6.10 Å². The fraction of sp³-hybridized carbons (Fsp3) is 0.950. The van der Waals surface area contributed by atoms with Crippen molar-refractivity contribution < 1.29 is 14.6 Å². The Balaban J connectivity index is 3.17. The molecule has 0 saturated carbocycles. The van der Waals surface area contributed by atoms with Crippen molar-refractivity contribution in [2.24, 2.45) is 0 Å². The molecule has 0 fully saturated rings. The molecule has 0 spiro atoms. The maximum atomic E-state index is 11.2. The first-order chi connectivity index (χ1) is 11.2. The van der Waals surface area contributed by atoms with Crippen LogP contribution in [0.5, 0.6) is 0 Å². The first kappa shape index (κ1) is 22.4. The molecule has 1 N–H and O–H groups in total. The third-order valence-corrected chi connectivity index (χ3v) is 4.35. The summed E-state index contributed by atoms with van der Waals surface area (Å²) in [6, 6.07) is 0. The molecule has 0 bridgehead atoms. The fourth-order valence-electron chi connectivity index (χ4n) is 2.91. The van der Waals surface area contributed by atoms with E-state index in [9.17, 15) is 9.90 Å². The highest BCUT2D eigenvalue weighted by Gasteiger charge is 2.10. The van der Waals surface area contributed by atoms with E-state index in [1.165, 1.54) is 70.6 Å². The predicted molar refractivity (Wildman–Crippen MR) is 97.6 cm³/mol. The summed E-state index contributed by atoms with van der Waals surface area (Å²) >= 11 is 0. The Bertz CT molecular complexity index is 253. The molecule has 0 aromatic rings. The van der Waals surface area contributed by atoms with E-state index in [1.54, 1.807) is 6.92 Å². The lowest BCUT2D eigenvalue weighted by atomic mass is 10.0. The molecule has 0 rings (SSSR count). The number of hydrogen-bond acceptors (Lipinski definition) is 3. The number of rotatable bonds is 17. The van der Waals surface area contributed by atoms with Crippen LogP contribution in [0.2, 0.25) is 0 Å². The molecule has 0 aliphatic rings. The molecule has 0 unspecified atom stereocenters. The number of carbonyl (C=O) groups excluding carboxylic acids is 1. The number of hydrogen-bond donors (Lipinski definition) is 1. The third-order valence-electron chi connectivity index (χ3n) is 4.35. The SMILES string of the molecule is CCCCCCCCCCCCCCC[C@H](O)CC(=O)OCC. The summed E-state index contributed by atoms with van der Waals surface area (Å²) in [5, 5.41) is 9.72. The van der Waals surface area contributed by atoms with Crippen LogP contribution < -0.4 is 0 Å². The van der Waals surface area contributed by atoms with Crippen molar-refractivity contribution in [1.29, 1.82) is 0 Å². The normalized spacial score (nSPS) is 12.3. The highest BCUT2D eigenvalue weighted by molar-refractivity contribution is 5.69. The third kappa shape index (κ3) is 17.6. The summed E-state index contributed by atoms with van der Waals surface area (Å²) in [5.74, 6) is -0.283. The number of unbranched alkanes of at least 4 members (excludes halogenated alkanes) is 12. The van der Waals surface area contributed by atoms with Crippen LogP contribution in [-0.2, 0) is 9.53 Å². The van der Waals surface area contributed by atoms with Gasteiger partial charge < -0.3 is 9.84 Å². The van der Waals surface area contributed by atoms with Gasteiger partial charge in [-0.1, -0.05) is 90.4 Å². The summed E-state index contributed by atoms with van der Waals surface area (Å²) in [6.45, 7) is 4.45.